The average Bonchev–Trinajstić information content (AvgIpc) is 2.16. The molecule has 54 valence electrons. The first-order valence-corrected chi connectivity index (χ1v) is 3.21. The fourth-order valence-electron chi connectivity index (χ4n) is 0.837. The Labute approximate surface area is 54.8 Å². The van der Waals surface area contributed by atoms with Gasteiger partial charge in [0.15, 0.2) is 0 Å². The Balaban J connectivity index is 2.32. The van der Waals surface area contributed by atoms with Crippen LogP contribution in [0, 0.1) is 0 Å². The molecule has 0 aromatic carbocycles. The highest BCUT2D eigenvalue weighted by Gasteiger charge is 2.31. The summed E-state index contributed by atoms with van der Waals surface area (Å²) < 4.78 is 5.24. The van der Waals surface area contributed by atoms with Crippen molar-refractivity contribution in [3.63, 3.8) is 0 Å². The molecule has 0 aromatic heterocycles. The lowest BCUT2D eigenvalue weighted by Crippen LogP contribution is -2.26. The van der Waals surface area contributed by atoms with Gasteiger partial charge in [0, 0.05) is 13.0 Å². The van der Waals surface area contributed by atoms with Crippen molar-refractivity contribution >= 4 is 0 Å². The van der Waals surface area contributed by atoms with E-state index in [9.17, 15) is 0 Å². The molecule has 3 heteroatoms. The molecular weight excluding hydrogens is 120 g/mol. The van der Waals surface area contributed by atoms with Crippen LogP contribution in [0.15, 0.2) is 0 Å². The molecule has 1 atom stereocenters. The molecule has 0 aliphatic carbocycles. The zero-order chi connectivity index (χ0) is 6.74. The molecule has 1 heterocycles. The van der Waals surface area contributed by atoms with E-state index in [1.54, 1.807) is 0 Å². The van der Waals surface area contributed by atoms with E-state index in [1.165, 1.54) is 0 Å². The van der Waals surface area contributed by atoms with Gasteiger partial charge in [-0.15, -0.1) is 0 Å². The summed E-state index contributed by atoms with van der Waals surface area (Å²) in [5.74, 6) is -0.477. The predicted octanol–water partition coefficient (Wildman–Crippen LogP) is 1.09. The van der Waals surface area contributed by atoms with Crippen LogP contribution in [-0.2, 0) is 14.5 Å². The normalized spacial score (nSPS) is 35.3. The third kappa shape index (κ3) is 1.64. The Bertz CT molecular complexity index is 86.3. The SMILES string of the molecule is CCOC1(C)CCOO1. The minimum Gasteiger partial charge on any atom is -0.348 e. The van der Waals surface area contributed by atoms with Gasteiger partial charge in [0.25, 0.3) is 0 Å². The topological polar surface area (TPSA) is 27.7 Å². The lowest BCUT2D eigenvalue weighted by atomic mass is 10.2. The van der Waals surface area contributed by atoms with Gasteiger partial charge < -0.3 is 4.74 Å². The fraction of sp³-hybridized carbons (Fsp3) is 1.00. The second-order valence-electron chi connectivity index (χ2n) is 2.22. The van der Waals surface area contributed by atoms with Crippen LogP contribution >= 0.6 is 0 Å². The summed E-state index contributed by atoms with van der Waals surface area (Å²) in [6, 6.07) is 0. The summed E-state index contributed by atoms with van der Waals surface area (Å²) in [5, 5.41) is 0. The van der Waals surface area contributed by atoms with E-state index in [0.29, 0.717) is 13.2 Å². The lowest BCUT2D eigenvalue weighted by Gasteiger charge is -2.18. The molecule has 0 spiro atoms. The lowest BCUT2D eigenvalue weighted by molar-refractivity contribution is -0.371. The van der Waals surface area contributed by atoms with Gasteiger partial charge >= 0.3 is 0 Å². The Kier molecular flexibility index (Phi) is 2.05. The maximum atomic E-state index is 5.24. The quantitative estimate of drug-likeness (QED) is 0.526. The van der Waals surface area contributed by atoms with E-state index < -0.39 is 5.79 Å². The largest absolute Gasteiger partial charge is 0.348 e. The molecule has 0 bridgehead atoms. The van der Waals surface area contributed by atoms with Crippen LogP contribution in [0.5, 0.6) is 0 Å². The Morgan fingerprint density at radius 2 is 2.44 bits per heavy atom. The van der Waals surface area contributed by atoms with Crippen LogP contribution in [0.4, 0.5) is 0 Å². The second-order valence-corrected chi connectivity index (χ2v) is 2.22. The van der Waals surface area contributed by atoms with E-state index in [2.05, 4.69) is 4.89 Å². The minimum absolute atomic E-state index is 0.477. The first-order chi connectivity index (χ1) is 4.27. The van der Waals surface area contributed by atoms with Crippen molar-refractivity contribution < 1.29 is 14.5 Å². The van der Waals surface area contributed by atoms with Gasteiger partial charge in [0.2, 0.25) is 5.79 Å². The second kappa shape index (κ2) is 2.64. The number of ether oxygens (including phenoxy) is 1. The van der Waals surface area contributed by atoms with Gasteiger partial charge in [-0.3, -0.25) is 0 Å². The molecule has 1 aliphatic rings. The third-order valence-electron chi connectivity index (χ3n) is 1.32. The van der Waals surface area contributed by atoms with E-state index >= 15 is 0 Å². The summed E-state index contributed by atoms with van der Waals surface area (Å²) in [6.45, 7) is 5.12. The van der Waals surface area contributed by atoms with E-state index in [-0.39, 0.29) is 0 Å². The van der Waals surface area contributed by atoms with Crippen LogP contribution in [0.25, 0.3) is 0 Å². The van der Waals surface area contributed by atoms with Crippen LogP contribution in [-0.4, -0.2) is 19.0 Å². The Hall–Kier alpha value is -0.120. The molecule has 0 amide bonds. The summed E-state index contributed by atoms with van der Waals surface area (Å²) in [4.78, 5) is 9.55. The molecule has 0 saturated carbocycles. The number of hydrogen-bond acceptors (Lipinski definition) is 3. The zero-order valence-electron chi connectivity index (χ0n) is 5.85. The zero-order valence-corrected chi connectivity index (χ0v) is 5.85. The number of rotatable bonds is 2. The fourth-order valence-corrected chi connectivity index (χ4v) is 0.837. The molecule has 0 aromatic rings. The standard InChI is InChI=1S/C6H12O3/c1-3-7-6(2)4-5-8-9-6/h3-5H2,1-2H3. The minimum atomic E-state index is -0.477. The van der Waals surface area contributed by atoms with E-state index in [4.69, 9.17) is 9.62 Å². The molecular formula is C6H12O3. The molecule has 0 N–H and O–H groups in total. The van der Waals surface area contributed by atoms with E-state index in [0.717, 1.165) is 6.42 Å². The third-order valence-corrected chi connectivity index (χ3v) is 1.32. The highest BCUT2D eigenvalue weighted by Crippen LogP contribution is 2.23. The molecule has 1 unspecified atom stereocenters. The molecule has 1 fully saturated rings. The van der Waals surface area contributed by atoms with Crippen LogP contribution in [0.2, 0.25) is 0 Å². The number of hydrogen-bond donors (Lipinski definition) is 0. The van der Waals surface area contributed by atoms with Gasteiger partial charge in [-0.05, 0) is 13.8 Å². The summed E-state index contributed by atoms with van der Waals surface area (Å²) >= 11 is 0. The maximum absolute atomic E-state index is 5.24. The first-order valence-electron chi connectivity index (χ1n) is 3.21. The maximum Gasteiger partial charge on any atom is 0.201 e. The highest BCUT2D eigenvalue weighted by atomic mass is 17.2. The Morgan fingerprint density at radius 3 is 2.89 bits per heavy atom. The summed E-state index contributed by atoms with van der Waals surface area (Å²) in [5.41, 5.74) is 0. The average molecular weight is 132 g/mol. The Morgan fingerprint density at radius 1 is 1.67 bits per heavy atom. The van der Waals surface area contributed by atoms with Crippen LogP contribution in [0.1, 0.15) is 20.3 Å². The monoisotopic (exact) mass is 132 g/mol. The van der Waals surface area contributed by atoms with Crippen molar-refractivity contribution in [2.75, 3.05) is 13.2 Å². The van der Waals surface area contributed by atoms with E-state index in [1.807, 2.05) is 13.8 Å². The van der Waals surface area contributed by atoms with Gasteiger partial charge in [-0.2, -0.15) is 0 Å². The molecule has 1 saturated heterocycles. The van der Waals surface area contributed by atoms with Gasteiger partial charge in [-0.1, -0.05) is 0 Å². The van der Waals surface area contributed by atoms with Crippen molar-refractivity contribution in [2.45, 2.75) is 26.1 Å². The van der Waals surface area contributed by atoms with Crippen LogP contribution in [0.3, 0.4) is 0 Å². The summed E-state index contributed by atoms with van der Waals surface area (Å²) in [7, 11) is 0. The van der Waals surface area contributed by atoms with Crippen LogP contribution < -0.4 is 0 Å². The van der Waals surface area contributed by atoms with Crippen molar-refractivity contribution in [3.05, 3.63) is 0 Å². The van der Waals surface area contributed by atoms with Crippen molar-refractivity contribution in [2.24, 2.45) is 0 Å². The van der Waals surface area contributed by atoms with Crippen molar-refractivity contribution in [3.8, 4) is 0 Å². The van der Waals surface area contributed by atoms with Gasteiger partial charge in [-0.25, -0.2) is 9.78 Å². The predicted molar refractivity (Wildman–Crippen MR) is 31.7 cm³/mol. The van der Waals surface area contributed by atoms with Crippen molar-refractivity contribution in [1.29, 1.82) is 0 Å². The van der Waals surface area contributed by atoms with Gasteiger partial charge in [0.1, 0.15) is 0 Å². The molecule has 3 nitrogen and oxygen atoms in total. The summed E-state index contributed by atoms with van der Waals surface area (Å²) in [6.07, 6.45) is 0.820. The first kappa shape index (κ1) is 6.99. The molecule has 1 aliphatic heterocycles. The molecule has 9 heavy (non-hydrogen) atoms. The molecule has 1 rings (SSSR count). The molecule has 0 radical (unpaired) electrons. The van der Waals surface area contributed by atoms with Gasteiger partial charge in [0.05, 0.1) is 6.61 Å². The van der Waals surface area contributed by atoms with Crippen molar-refractivity contribution in [1.82, 2.24) is 0 Å². The smallest absolute Gasteiger partial charge is 0.201 e. The highest BCUT2D eigenvalue weighted by molar-refractivity contribution is 4.63.